The van der Waals surface area contributed by atoms with Crippen LogP contribution in [0.1, 0.15) is 26.3 Å². The Morgan fingerprint density at radius 1 is 0.938 bits per heavy atom. The van der Waals surface area contributed by atoms with Crippen molar-refractivity contribution in [3.63, 3.8) is 0 Å². The zero-order valence-corrected chi connectivity index (χ0v) is 9.26. The molecule has 0 bridgehead atoms. The molecule has 86 valence electrons. The molecule has 0 saturated carbocycles. The lowest BCUT2D eigenvalue weighted by Crippen LogP contribution is -2.12. The van der Waals surface area contributed by atoms with E-state index in [4.69, 9.17) is 0 Å². The van der Waals surface area contributed by atoms with Gasteiger partial charge in [0.1, 0.15) is 0 Å². The lowest BCUT2D eigenvalue weighted by molar-refractivity contribution is -0.394. The van der Waals surface area contributed by atoms with Crippen LogP contribution in [0.25, 0.3) is 0 Å². The Labute approximate surface area is 92.2 Å². The van der Waals surface area contributed by atoms with Crippen LogP contribution in [0.5, 0.6) is 0 Å². The van der Waals surface area contributed by atoms with Crippen LogP contribution in [0.15, 0.2) is 18.2 Å². The molecule has 0 saturated heterocycles. The third kappa shape index (κ3) is 2.53. The summed E-state index contributed by atoms with van der Waals surface area (Å²) in [6, 6.07) is 3.70. The van der Waals surface area contributed by atoms with Gasteiger partial charge in [0.2, 0.25) is 0 Å². The van der Waals surface area contributed by atoms with E-state index in [1.54, 1.807) is 0 Å². The van der Waals surface area contributed by atoms with E-state index in [-0.39, 0.29) is 16.8 Å². The van der Waals surface area contributed by atoms with Gasteiger partial charge in [-0.3, -0.25) is 20.2 Å². The first-order chi connectivity index (χ1) is 7.21. The lowest BCUT2D eigenvalue weighted by Gasteiger charge is -2.18. The molecular formula is C10H12N2O4. The average molecular weight is 224 g/mol. The lowest BCUT2D eigenvalue weighted by atomic mass is 9.86. The Bertz CT molecular complexity index is 416. The third-order valence-electron chi connectivity index (χ3n) is 2.19. The highest BCUT2D eigenvalue weighted by Gasteiger charge is 2.22. The summed E-state index contributed by atoms with van der Waals surface area (Å²) >= 11 is 0. The Balaban J connectivity index is 3.42. The van der Waals surface area contributed by atoms with E-state index >= 15 is 0 Å². The zero-order valence-electron chi connectivity index (χ0n) is 9.26. The second-order valence-electron chi connectivity index (χ2n) is 4.50. The number of non-ortho nitro benzene ring substituents is 2. The van der Waals surface area contributed by atoms with Crippen molar-refractivity contribution in [1.29, 1.82) is 0 Å². The summed E-state index contributed by atoms with van der Waals surface area (Å²) < 4.78 is 0. The second-order valence-corrected chi connectivity index (χ2v) is 4.50. The maximum absolute atomic E-state index is 10.6. The summed E-state index contributed by atoms with van der Waals surface area (Å²) in [4.78, 5) is 20.0. The molecule has 0 atom stereocenters. The molecular weight excluding hydrogens is 212 g/mol. The molecule has 0 amide bonds. The van der Waals surface area contributed by atoms with E-state index in [0.29, 0.717) is 5.56 Å². The van der Waals surface area contributed by atoms with E-state index in [9.17, 15) is 20.2 Å². The summed E-state index contributed by atoms with van der Waals surface area (Å²) in [6.07, 6.45) is 0. The molecule has 0 aliphatic carbocycles. The largest absolute Gasteiger partial charge is 0.276 e. The van der Waals surface area contributed by atoms with Crippen LogP contribution in [-0.2, 0) is 5.41 Å². The number of hydrogen-bond donors (Lipinski definition) is 0. The van der Waals surface area contributed by atoms with Gasteiger partial charge in [0.25, 0.3) is 11.4 Å². The predicted molar refractivity (Wildman–Crippen MR) is 58.5 cm³/mol. The fraction of sp³-hybridized carbons (Fsp3) is 0.400. The molecule has 16 heavy (non-hydrogen) atoms. The quantitative estimate of drug-likeness (QED) is 0.570. The third-order valence-corrected chi connectivity index (χ3v) is 2.19. The molecule has 1 aromatic carbocycles. The van der Waals surface area contributed by atoms with Gasteiger partial charge >= 0.3 is 0 Å². The van der Waals surface area contributed by atoms with E-state index in [0.717, 1.165) is 6.07 Å². The van der Waals surface area contributed by atoms with Crippen molar-refractivity contribution in [3.05, 3.63) is 44.0 Å². The normalized spacial score (nSPS) is 11.2. The summed E-state index contributed by atoms with van der Waals surface area (Å²) in [6.45, 7) is 5.53. The van der Waals surface area contributed by atoms with Crippen LogP contribution in [0.3, 0.4) is 0 Å². The minimum Gasteiger partial charge on any atom is -0.258 e. The Morgan fingerprint density at radius 2 is 1.31 bits per heavy atom. The van der Waals surface area contributed by atoms with Gasteiger partial charge in [0.05, 0.1) is 15.9 Å². The maximum Gasteiger partial charge on any atom is 0.276 e. The number of nitro groups is 2. The Hall–Kier alpha value is -1.98. The van der Waals surface area contributed by atoms with Crippen molar-refractivity contribution in [2.24, 2.45) is 0 Å². The highest BCUT2D eigenvalue weighted by atomic mass is 16.6. The van der Waals surface area contributed by atoms with Crippen LogP contribution in [0.4, 0.5) is 11.4 Å². The van der Waals surface area contributed by atoms with Gasteiger partial charge < -0.3 is 0 Å². The van der Waals surface area contributed by atoms with Gasteiger partial charge in [-0.05, 0) is 11.0 Å². The number of rotatable bonds is 2. The van der Waals surface area contributed by atoms with E-state index < -0.39 is 9.85 Å². The molecule has 0 radical (unpaired) electrons. The highest BCUT2D eigenvalue weighted by molar-refractivity contribution is 5.48. The topological polar surface area (TPSA) is 86.3 Å². The summed E-state index contributed by atoms with van der Waals surface area (Å²) in [5, 5.41) is 21.3. The highest BCUT2D eigenvalue weighted by Crippen LogP contribution is 2.30. The van der Waals surface area contributed by atoms with E-state index in [1.807, 2.05) is 20.8 Å². The van der Waals surface area contributed by atoms with Gasteiger partial charge in [-0.1, -0.05) is 20.8 Å². The predicted octanol–water partition coefficient (Wildman–Crippen LogP) is 2.80. The van der Waals surface area contributed by atoms with Crippen LogP contribution in [0, 0.1) is 20.2 Å². The molecule has 1 rings (SSSR count). The first kappa shape index (κ1) is 12.1. The van der Waals surface area contributed by atoms with Crippen molar-refractivity contribution in [3.8, 4) is 0 Å². The first-order valence-electron chi connectivity index (χ1n) is 4.66. The number of nitro benzene ring substituents is 2. The minimum absolute atomic E-state index is 0.251. The summed E-state index contributed by atoms with van der Waals surface area (Å²) in [5.74, 6) is 0. The minimum atomic E-state index is -0.623. The van der Waals surface area contributed by atoms with Gasteiger partial charge in [-0.2, -0.15) is 0 Å². The average Bonchev–Trinajstić information content (AvgIpc) is 2.15. The molecule has 0 heterocycles. The Kier molecular flexibility index (Phi) is 2.93. The molecule has 1 aromatic rings. The molecule has 0 aliphatic rings. The summed E-state index contributed by atoms with van der Waals surface area (Å²) in [5.41, 5.74) is -0.289. The van der Waals surface area contributed by atoms with Gasteiger partial charge in [-0.25, -0.2) is 0 Å². The van der Waals surface area contributed by atoms with Gasteiger partial charge in [0, 0.05) is 12.1 Å². The van der Waals surface area contributed by atoms with Gasteiger partial charge in [-0.15, -0.1) is 0 Å². The SMILES string of the molecule is CC(C)(C)c1cc([N+](=O)[O-])cc([N+](=O)[O-])c1. The standard InChI is InChI=1S/C10H12N2O4/c1-10(2,3)7-4-8(11(13)14)6-9(5-7)12(15)16/h4-6H,1-3H3. The Morgan fingerprint density at radius 3 is 1.56 bits per heavy atom. The zero-order chi connectivity index (χ0) is 12.5. The molecule has 0 aromatic heterocycles. The van der Waals surface area contributed by atoms with Crippen molar-refractivity contribution in [2.75, 3.05) is 0 Å². The number of hydrogen-bond acceptors (Lipinski definition) is 4. The van der Waals surface area contributed by atoms with E-state index in [1.165, 1.54) is 12.1 Å². The number of nitrogens with zero attached hydrogens (tertiary/aromatic N) is 2. The fourth-order valence-corrected chi connectivity index (χ4v) is 1.24. The van der Waals surface area contributed by atoms with Crippen LogP contribution in [-0.4, -0.2) is 9.85 Å². The fourth-order valence-electron chi connectivity index (χ4n) is 1.24. The summed E-state index contributed by atoms with van der Waals surface area (Å²) in [7, 11) is 0. The second kappa shape index (κ2) is 3.88. The molecule has 0 aliphatic heterocycles. The number of benzene rings is 1. The van der Waals surface area contributed by atoms with Crippen molar-refractivity contribution >= 4 is 11.4 Å². The van der Waals surface area contributed by atoms with Crippen molar-refractivity contribution in [2.45, 2.75) is 26.2 Å². The van der Waals surface area contributed by atoms with Gasteiger partial charge in [0.15, 0.2) is 0 Å². The molecule has 6 nitrogen and oxygen atoms in total. The van der Waals surface area contributed by atoms with Crippen molar-refractivity contribution in [1.82, 2.24) is 0 Å². The first-order valence-corrected chi connectivity index (χ1v) is 4.66. The molecule has 0 spiro atoms. The smallest absolute Gasteiger partial charge is 0.258 e. The maximum atomic E-state index is 10.6. The molecule has 0 N–H and O–H groups in total. The van der Waals surface area contributed by atoms with E-state index in [2.05, 4.69) is 0 Å². The van der Waals surface area contributed by atoms with Crippen LogP contribution < -0.4 is 0 Å². The van der Waals surface area contributed by atoms with Crippen LogP contribution >= 0.6 is 0 Å². The molecule has 0 fully saturated rings. The van der Waals surface area contributed by atoms with Crippen LogP contribution in [0.2, 0.25) is 0 Å². The molecule has 0 unspecified atom stereocenters. The van der Waals surface area contributed by atoms with Crippen molar-refractivity contribution < 1.29 is 9.85 Å². The molecule has 6 heteroatoms. The monoisotopic (exact) mass is 224 g/mol.